The number of rotatable bonds is 7. The van der Waals surface area contributed by atoms with Crippen molar-refractivity contribution in [1.29, 1.82) is 5.26 Å². The maximum Gasteiger partial charge on any atom is 0.263 e. The molecule has 1 aromatic rings. The molecule has 0 radical (unpaired) electrons. The molecule has 1 amide bonds. The van der Waals surface area contributed by atoms with Crippen LogP contribution in [0.2, 0.25) is 0 Å². The number of nitrogens with zero attached hydrogens (tertiary/aromatic N) is 3. The van der Waals surface area contributed by atoms with Crippen LogP contribution in [0.5, 0.6) is 5.75 Å². The smallest absolute Gasteiger partial charge is 0.263 e. The summed E-state index contributed by atoms with van der Waals surface area (Å²) in [7, 11) is 0. The average Bonchev–Trinajstić information content (AvgIpc) is 2.63. The van der Waals surface area contributed by atoms with Crippen LogP contribution in [0.4, 0.5) is 0 Å². The van der Waals surface area contributed by atoms with Gasteiger partial charge in [0, 0.05) is 45.5 Å². The van der Waals surface area contributed by atoms with E-state index in [4.69, 9.17) is 5.11 Å². The molecule has 1 fully saturated rings. The Morgan fingerprint density at radius 3 is 2.52 bits per heavy atom. The van der Waals surface area contributed by atoms with Crippen LogP contribution in [-0.4, -0.2) is 71.8 Å². The number of nitrogens with one attached hydrogen (secondary N) is 1. The molecule has 1 aromatic carbocycles. The van der Waals surface area contributed by atoms with Crippen LogP contribution in [0, 0.1) is 11.3 Å². The number of aliphatic hydroxyl groups is 1. The predicted octanol–water partition coefficient (Wildman–Crippen LogP) is 0.0683. The summed E-state index contributed by atoms with van der Waals surface area (Å²) in [6.07, 6.45) is 2.25. The number of hydrogen-bond acceptors (Lipinski definition) is 6. The van der Waals surface area contributed by atoms with Crippen LogP contribution < -0.4 is 5.32 Å². The summed E-state index contributed by atoms with van der Waals surface area (Å²) >= 11 is 0. The van der Waals surface area contributed by atoms with Crippen LogP contribution in [-0.2, 0) is 11.2 Å². The zero-order valence-electron chi connectivity index (χ0n) is 14.2. The fourth-order valence-electron chi connectivity index (χ4n) is 2.66. The van der Waals surface area contributed by atoms with Gasteiger partial charge in [0.2, 0.25) is 0 Å². The van der Waals surface area contributed by atoms with E-state index in [2.05, 4.69) is 10.2 Å². The molecule has 0 atom stereocenters. The number of β-amino-alcohol motifs (C(OH)–C–C–N with tert-alkyl or cyclic N) is 1. The number of aromatic hydroxyl groups is 1. The number of nitriles is 1. The van der Waals surface area contributed by atoms with Crippen molar-refractivity contribution in [3.05, 3.63) is 41.6 Å². The van der Waals surface area contributed by atoms with E-state index in [0.717, 1.165) is 31.7 Å². The van der Waals surface area contributed by atoms with Gasteiger partial charge in [-0.3, -0.25) is 9.69 Å². The fourth-order valence-corrected chi connectivity index (χ4v) is 2.66. The van der Waals surface area contributed by atoms with Crippen molar-refractivity contribution < 1.29 is 15.0 Å². The Bertz CT molecular complexity index is 629. The van der Waals surface area contributed by atoms with Crippen LogP contribution in [0.25, 0.3) is 0 Å². The molecule has 1 saturated heterocycles. The molecular formula is C18H24N4O3. The number of hydrogen-bond donors (Lipinski definition) is 3. The summed E-state index contributed by atoms with van der Waals surface area (Å²) in [5.41, 5.74) is 1.10. The molecule has 0 bridgehead atoms. The zero-order valence-corrected chi connectivity index (χ0v) is 14.2. The van der Waals surface area contributed by atoms with Crippen LogP contribution in [0.15, 0.2) is 36.0 Å². The Labute approximate surface area is 147 Å². The van der Waals surface area contributed by atoms with Crippen LogP contribution >= 0.6 is 0 Å². The summed E-state index contributed by atoms with van der Waals surface area (Å²) in [4.78, 5) is 16.3. The van der Waals surface area contributed by atoms with Crippen LogP contribution in [0.1, 0.15) is 5.56 Å². The average molecular weight is 344 g/mol. The Hall–Kier alpha value is -2.56. The number of carbonyl (C=O) groups is 1. The Kier molecular flexibility index (Phi) is 7.26. The van der Waals surface area contributed by atoms with Gasteiger partial charge in [-0.15, -0.1) is 0 Å². The molecule has 0 unspecified atom stereocenters. The first kappa shape index (κ1) is 18.8. The van der Waals surface area contributed by atoms with Gasteiger partial charge in [0.15, 0.2) is 0 Å². The highest BCUT2D eigenvalue weighted by Gasteiger charge is 2.16. The summed E-state index contributed by atoms with van der Waals surface area (Å²) < 4.78 is 0. The predicted molar refractivity (Wildman–Crippen MR) is 93.6 cm³/mol. The third-order valence-electron chi connectivity index (χ3n) is 4.14. The quantitative estimate of drug-likeness (QED) is 0.478. The normalized spacial score (nSPS) is 15.7. The molecule has 0 aromatic heterocycles. The number of phenolic OH excluding ortho intramolecular Hbond substituents is 1. The van der Waals surface area contributed by atoms with Crippen molar-refractivity contribution in [3.63, 3.8) is 0 Å². The summed E-state index contributed by atoms with van der Waals surface area (Å²) in [5, 5.41) is 30.2. The van der Waals surface area contributed by atoms with Gasteiger partial charge < -0.3 is 20.4 Å². The second kappa shape index (κ2) is 9.67. The molecule has 2 rings (SSSR count). The SMILES string of the molecule is N#C/C(=C/N1CCN(CCO)CC1)C(=O)NCCc1ccc(O)cc1. The lowest BCUT2D eigenvalue weighted by atomic mass is 10.1. The second-order valence-corrected chi connectivity index (χ2v) is 5.93. The molecule has 7 heteroatoms. The minimum Gasteiger partial charge on any atom is -0.508 e. The van der Waals surface area contributed by atoms with Gasteiger partial charge in [-0.05, 0) is 24.1 Å². The lowest BCUT2D eigenvalue weighted by Gasteiger charge is -2.33. The molecule has 0 saturated carbocycles. The summed E-state index contributed by atoms with van der Waals surface area (Å²) in [5.74, 6) is -0.166. The van der Waals surface area contributed by atoms with E-state index in [1.807, 2.05) is 11.0 Å². The largest absolute Gasteiger partial charge is 0.508 e. The second-order valence-electron chi connectivity index (χ2n) is 5.93. The number of benzene rings is 1. The van der Waals surface area contributed by atoms with E-state index in [1.165, 1.54) is 0 Å². The van der Waals surface area contributed by atoms with Gasteiger partial charge in [-0.2, -0.15) is 5.26 Å². The van der Waals surface area contributed by atoms with Gasteiger partial charge in [0.1, 0.15) is 17.4 Å². The Balaban J connectivity index is 1.80. The Morgan fingerprint density at radius 2 is 1.92 bits per heavy atom. The maximum absolute atomic E-state index is 12.1. The van der Waals surface area contributed by atoms with E-state index < -0.39 is 0 Å². The van der Waals surface area contributed by atoms with Crippen LogP contribution in [0.3, 0.4) is 0 Å². The number of carbonyl (C=O) groups excluding carboxylic acids is 1. The molecule has 25 heavy (non-hydrogen) atoms. The topological polar surface area (TPSA) is 99.8 Å². The molecule has 0 aliphatic carbocycles. The molecule has 0 spiro atoms. The Morgan fingerprint density at radius 1 is 1.24 bits per heavy atom. The van der Waals surface area contributed by atoms with Crippen molar-refractivity contribution in [2.24, 2.45) is 0 Å². The fraction of sp³-hybridized carbons (Fsp3) is 0.444. The minimum absolute atomic E-state index is 0.0984. The molecule has 1 aliphatic rings. The van der Waals surface area contributed by atoms with Crippen molar-refractivity contribution in [2.45, 2.75) is 6.42 Å². The third-order valence-corrected chi connectivity index (χ3v) is 4.14. The van der Waals surface area contributed by atoms with E-state index in [1.54, 1.807) is 30.5 Å². The lowest BCUT2D eigenvalue weighted by molar-refractivity contribution is -0.117. The summed E-state index contributed by atoms with van der Waals surface area (Å²) in [6.45, 7) is 4.28. The van der Waals surface area contributed by atoms with Crippen molar-refractivity contribution in [2.75, 3.05) is 45.9 Å². The monoisotopic (exact) mass is 344 g/mol. The highest BCUT2D eigenvalue weighted by Crippen LogP contribution is 2.10. The number of amides is 1. The van der Waals surface area contributed by atoms with Gasteiger partial charge in [-0.25, -0.2) is 0 Å². The molecule has 3 N–H and O–H groups in total. The first-order chi connectivity index (χ1) is 12.1. The minimum atomic E-state index is -0.376. The highest BCUT2D eigenvalue weighted by molar-refractivity contribution is 5.97. The van der Waals surface area contributed by atoms with Gasteiger partial charge in [0.05, 0.1) is 6.61 Å². The molecule has 1 aliphatic heterocycles. The molecule has 1 heterocycles. The van der Waals surface area contributed by atoms with E-state index in [0.29, 0.717) is 19.5 Å². The van der Waals surface area contributed by atoms with Crippen molar-refractivity contribution >= 4 is 5.91 Å². The number of phenols is 1. The molecule has 7 nitrogen and oxygen atoms in total. The maximum atomic E-state index is 12.1. The first-order valence-corrected chi connectivity index (χ1v) is 8.37. The van der Waals surface area contributed by atoms with Crippen molar-refractivity contribution in [1.82, 2.24) is 15.1 Å². The van der Waals surface area contributed by atoms with E-state index in [9.17, 15) is 15.2 Å². The van der Waals surface area contributed by atoms with Gasteiger partial charge in [-0.1, -0.05) is 12.1 Å². The lowest BCUT2D eigenvalue weighted by Crippen LogP contribution is -2.45. The van der Waals surface area contributed by atoms with Gasteiger partial charge >= 0.3 is 0 Å². The van der Waals surface area contributed by atoms with E-state index >= 15 is 0 Å². The number of piperazine rings is 1. The van der Waals surface area contributed by atoms with Crippen molar-refractivity contribution in [3.8, 4) is 11.8 Å². The molecule has 134 valence electrons. The van der Waals surface area contributed by atoms with E-state index in [-0.39, 0.29) is 23.8 Å². The first-order valence-electron chi connectivity index (χ1n) is 8.37. The number of aliphatic hydroxyl groups excluding tert-OH is 1. The van der Waals surface area contributed by atoms with Gasteiger partial charge in [0.25, 0.3) is 5.91 Å². The molecular weight excluding hydrogens is 320 g/mol. The highest BCUT2D eigenvalue weighted by atomic mass is 16.3. The zero-order chi connectivity index (χ0) is 18.1. The summed E-state index contributed by atoms with van der Waals surface area (Å²) in [6, 6.07) is 8.77. The standard InChI is InChI=1S/C18H24N4O3/c19-13-16(14-22-9-7-21(8-10-22)11-12-23)18(25)20-6-5-15-1-3-17(24)4-2-15/h1-4,14,23-24H,5-12H2,(H,20,25)/b16-14-. The third kappa shape index (κ3) is 6.10.